The van der Waals surface area contributed by atoms with E-state index in [9.17, 15) is 9.59 Å². The average Bonchev–Trinajstić information content (AvgIpc) is 2.95. The lowest BCUT2D eigenvalue weighted by Gasteiger charge is -2.22. The first-order chi connectivity index (χ1) is 10.2. The van der Waals surface area contributed by atoms with Crippen molar-refractivity contribution in [1.29, 1.82) is 0 Å². The van der Waals surface area contributed by atoms with Crippen LogP contribution in [0.5, 0.6) is 0 Å². The van der Waals surface area contributed by atoms with Crippen molar-refractivity contribution in [2.75, 3.05) is 19.7 Å². The van der Waals surface area contributed by atoms with E-state index >= 15 is 0 Å². The second-order valence-electron chi connectivity index (χ2n) is 5.14. The molecule has 1 saturated heterocycles. The van der Waals surface area contributed by atoms with E-state index in [4.69, 9.17) is 4.74 Å². The van der Waals surface area contributed by atoms with Crippen LogP contribution >= 0.6 is 0 Å². The van der Waals surface area contributed by atoms with Crippen molar-refractivity contribution < 1.29 is 14.3 Å². The summed E-state index contributed by atoms with van der Waals surface area (Å²) >= 11 is 0. The highest BCUT2D eigenvalue weighted by molar-refractivity contribution is 5.80. The average molecular weight is 290 g/mol. The lowest BCUT2D eigenvalue weighted by molar-refractivity contribution is -0.148. The minimum Gasteiger partial charge on any atom is -0.465 e. The zero-order valence-corrected chi connectivity index (χ0v) is 12.4. The standard InChI is InChI=1S/C16H22N2O3/c1-2-21-16(20)14-9-6-10-18(14)12-15(19)17-11-13-7-4-3-5-8-13/h3-5,7-8,14H,2,6,9-12H2,1H3,(H,17,19). The Balaban J connectivity index is 1.80. The molecule has 114 valence electrons. The molecule has 1 N–H and O–H groups in total. The fourth-order valence-electron chi connectivity index (χ4n) is 2.56. The Kier molecular flexibility index (Phi) is 5.75. The molecule has 0 bridgehead atoms. The van der Waals surface area contributed by atoms with Gasteiger partial charge in [0.15, 0.2) is 0 Å². The van der Waals surface area contributed by atoms with Gasteiger partial charge < -0.3 is 10.1 Å². The molecule has 1 amide bonds. The van der Waals surface area contributed by atoms with E-state index < -0.39 is 0 Å². The molecule has 1 aromatic rings. The Morgan fingerprint density at radius 2 is 2.10 bits per heavy atom. The summed E-state index contributed by atoms with van der Waals surface area (Å²) in [7, 11) is 0. The molecule has 5 nitrogen and oxygen atoms in total. The third-order valence-corrected chi connectivity index (χ3v) is 3.60. The number of nitrogens with one attached hydrogen (secondary N) is 1. The van der Waals surface area contributed by atoms with Crippen LogP contribution in [0.1, 0.15) is 25.3 Å². The van der Waals surface area contributed by atoms with E-state index in [0.717, 1.165) is 24.9 Å². The lowest BCUT2D eigenvalue weighted by Crippen LogP contribution is -2.43. The van der Waals surface area contributed by atoms with Gasteiger partial charge >= 0.3 is 5.97 Å². The maximum atomic E-state index is 12.0. The van der Waals surface area contributed by atoms with Gasteiger partial charge in [-0.05, 0) is 31.9 Å². The number of likely N-dealkylation sites (tertiary alicyclic amines) is 1. The van der Waals surface area contributed by atoms with E-state index in [1.807, 2.05) is 35.2 Å². The number of carbonyl (C=O) groups excluding carboxylic acids is 2. The van der Waals surface area contributed by atoms with Crippen LogP contribution < -0.4 is 5.32 Å². The molecular formula is C16H22N2O3. The number of ether oxygens (including phenoxy) is 1. The highest BCUT2D eigenvalue weighted by atomic mass is 16.5. The number of nitrogens with zero attached hydrogens (tertiary/aromatic N) is 1. The van der Waals surface area contributed by atoms with E-state index in [0.29, 0.717) is 13.2 Å². The topological polar surface area (TPSA) is 58.6 Å². The molecule has 2 rings (SSSR count). The summed E-state index contributed by atoms with van der Waals surface area (Å²) in [5, 5.41) is 2.88. The molecule has 0 saturated carbocycles. The highest BCUT2D eigenvalue weighted by Crippen LogP contribution is 2.17. The van der Waals surface area contributed by atoms with Gasteiger partial charge in [0.2, 0.25) is 5.91 Å². The van der Waals surface area contributed by atoms with Crippen molar-refractivity contribution in [3.8, 4) is 0 Å². The number of hydrogen-bond acceptors (Lipinski definition) is 4. The third-order valence-electron chi connectivity index (χ3n) is 3.60. The van der Waals surface area contributed by atoms with Gasteiger partial charge in [-0.3, -0.25) is 14.5 Å². The lowest BCUT2D eigenvalue weighted by atomic mass is 10.2. The zero-order chi connectivity index (χ0) is 15.1. The summed E-state index contributed by atoms with van der Waals surface area (Å²) < 4.78 is 5.05. The first-order valence-corrected chi connectivity index (χ1v) is 7.42. The zero-order valence-electron chi connectivity index (χ0n) is 12.4. The van der Waals surface area contributed by atoms with Crippen LogP contribution in [-0.2, 0) is 20.9 Å². The second-order valence-corrected chi connectivity index (χ2v) is 5.14. The molecule has 1 unspecified atom stereocenters. The number of rotatable bonds is 6. The molecule has 1 heterocycles. The van der Waals surface area contributed by atoms with Crippen LogP contribution in [0.4, 0.5) is 0 Å². The molecule has 0 radical (unpaired) electrons. The van der Waals surface area contributed by atoms with Crippen molar-refractivity contribution in [2.24, 2.45) is 0 Å². The van der Waals surface area contributed by atoms with Crippen LogP contribution in [-0.4, -0.2) is 42.5 Å². The first-order valence-electron chi connectivity index (χ1n) is 7.42. The quantitative estimate of drug-likeness (QED) is 0.803. The van der Waals surface area contributed by atoms with Crippen LogP contribution in [0.25, 0.3) is 0 Å². The minimum absolute atomic E-state index is 0.0601. The van der Waals surface area contributed by atoms with Crippen molar-refractivity contribution >= 4 is 11.9 Å². The third kappa shape index (κ3) is 4.56. The highest BCUT2D eigenvalue weighted by Gasteiger charge is 2.32. The SMILES string of the molecule is CCOC(=O)C1CCCN1CC(=O)NCc1ccccc1. The molecule has 1 atom stereocenters. The number of benzene rings is 1. The molecule has 0 aliphatic carbocycles. The van der Waals surface area contributed by atoms with Gasteiger partial charge in [0.25, 0.3) is 0 Å². The van der Waals surface area contributed by atoms with E-state index in [1.54, 1.807) is 6.92 Å². The summed E-state index contributed by atoms with van der Waals surface area (Å²) in [5.41, 5.74) is 1.06. The normalized spacial score (nSPS) is 18.4. The number of hydrogen-bond donors (Lipinski definition) is 1. The monoisotopic (exact) mass is 290 g/mol. The van der Waals surface area contributed by atoms with Crippen molar-refractivity contribution in [3.63, 3.8) is 0 Å². The van der Waals surface area contributed by atoms with Gasteiger partial charge in [-0.1, -0.05) is 30.3 Å². The van der Waals surface area contributed by atoms with Crippen LogP contribution in [0.3, 0.4) is 0 Å². The molecule has 0 aromatic heterocycles. The van der Waals surface area contributed by atoms with Crippen LogP contribution in [0, 0.1) is 0 Å². The van der Waals surface area contributed by atoms with Gasteiger partial charge in [-0.25, -0.2) is 0 Å². The molecular weight excluding hydrogens is 268 g/mol. The first kappa shape index (κ1) is 15.5. The maximum absolute atomic E-state index is 12.0. The minimum atomic E-state index is -0.271. The van der Waals surface area contributed by atoms with Crippen molar-refractivity contribution in [2.45, 2.75) is 32.4 Å². The van der Waals surface area contributed by atoms with Crippen molar-refractivity contribution in [3.05, 3.63) is 35.9 Å². The molecule has 0 spiro atoms. The van der Waals surface area contributed by atoms with Crippen molar-refractivity contribution in [1.82, 2.24) is 10.2 Å². The van der Waals surface area contributed by atoms with Gasteiger partial charge in [0.1, 0.15) is 6.04 Å². The van der Waals surface area contributed by atoms with Crippen LogP contribution in [0.15, 0.2) is 30.3 Å². The summed E-state index contributed by atoms with van der Waals surface area (Å²) in [5.74, 6) is -0.277. The second kappa shape index (κ2) is 7.78. The Bertz CT molecular complexity index is 476. The van der Waals surface area contributed by atoms with Crippen LogP contribution in [0.2, 0.25) is 0 Å². The van der Waals surface area contributed by atoms with Gasteiger partial charge in [-0.2, -0.15) is 0 Å². The van der Waals surface area contributed by atoms with Gasteiger partial charge in [0.05, 0.1) is 13.2 Å². The summed E-state index contributed by atoms with van der Waals surface area (Å²) in [4.78, 5) is 25.7. The summed E-state index contributed by atoms with van der Waals surface area (Å²) in [6.07, 6.45) is 1.69. The maximum Gasteiger partial charge on any atom is 0.323 e. The summed E-state index contributed by atoms with van der Waals surface area (Å²) in [6.45, 7) is 3.70. The Hall–Kier alpha value is -1.88. The van der Waals surface area contributed by atoms with E-state index in [-0.39, 0.29) is 24.5 Å². The number of esters is 1. The van der Waals surface area contributed by atoms with Gasteiger partial charge in [-0.15, -0.1) is 0 Å². The van der Waals surface area contributed by atoms with Gasteiger partial charge in [0, 0.05) is 6.54 Å². The molecule has 5 heteroatoms. The Labute approximate surface area is 125 Å². The summed E-state index contributed by atoms with van der Waals surface area (Å²) in [6, 6.07) is 9.50. The fourth-order valence-corrected chi connectivity index (χ4v) is 2.56. The Morgan fingerprint density at radius 3 is 2.81 bits per heavy atom. The molecule has 1 fully saturated rings. The predicted molar refractivity (Wildman–Crippen MR) is 79.5 cm³/mol. The molecule has 1 aliphatic heterocycles. The smallest absolute Gasteiger partial charge is 0.323 e. The number of carbonyl (C=O) groups is 2. The number of amides is 1. The fraction of sp³-hybridized carbons (Fsp3) is 0.500. The van der Waals surface area contributed by atoms with E-state index in [2.05, 4.69) is 5.32 Å². The molecule has 1 aromatic carbocycles. The Morgan fingerprint density at radius 1 is 1.33 bits per heavy atom. The predicted octanol–water partition coefficient (Wildman–Crippen LogP) is 1.33. The molecule has 21 heavy (non-hydrogen) atoms. The molecule has 1 aliphatic rings. The van der Waals surface area contributed by atoms with E-state index in [1.165, 1.54) is 0 Å². The largest absolute Gasteiger partial charge is 0.465 e.